The molecule has 76 heavy (non-hydrogen) atoms. The fourth-order valence-corrected chi connectivity index (χ4v) is 11.2. The van der Waals surface area contributed by atoms with Gasteiger partial charge in [0.1, 0.15) is 41.3 Å². The first-order valence-corrected chi connectivity index (χ1v) is 27.2. The second kappa shape index (κ2) is 24.8. The molecule has 2 aliphatic rings. The van der Waals surface area contributed by atoms with Crippen LogP contribution in [0, 0.1) is 33.1 Å². The molecule has 4 atom stereocenters. The van der Waals surface area contributed by atoms with Crippen LogP contribution in [0.3, 0.4) is 0 Å². The molecule has 1 saturated heterocycles. The van der Waals surface area contributed by atoms with Gasteiger partial charge in [0.2, 0.25) is 23.6 Å². The van der Waals surface area contributed by atoms with Crippen LogP contribution in [-0.2, 0) is 35.2 Å². The number of thiophene rings is 1. The quantitative estimate of drug-likeness (QED) is 0.0476. The van der Waals surface area contributed by atoms with Crippen LogP contribution >= 0.6 is 22.7 Å². The lowest BCUT2D eigenvalue weighted by molar-refractivity contribution is -0.144. The second-order valence-electron chi connectivity index (χ2n) is 20.2. The number of aliphatic hydroxyl groups excluding tert-OH is 1. The van der Waals surface area contributed by atoms with Crippen molar-refractivity contribution in [1.82, 2.24) is 35.3 Å². The van der Waals surface area contributed by atoms with Gasteiger partial charge in [-0.25, -0.2) is 4.98 Å². The zero-order valence-electron chi connectivity index (χ0n) is 44.2. The molecule has 0 spiro atoms. The number of aryl methyl sites for hydroxylation is 3. The van der Waals surface area contributed by atoms with Crippen molar-refractivity contribution in [2.24, 2.45) is 10.4 Å². The summed E-state index contributed by atoms with van der Waals surface area (Å²) in [6, 6.07) is 20.8. The van der Waals surface area contributed by atoms with E-state index in [1.807, 2.05) is 111 Å². The summed E-state index contributed by atoms with van der Waals surface area (Å²) in [4.78, 5) is 67.4. The number of β-amino-alcohol motifs (C(OH)–C–C–N with tert-alkyl or cyclic N) is 1. The summed E-state index contributed by atoms with van der Waals surface area (Å²) in [5, 5.41) is 29.3. The average Bonchev–Trinajstić information content (AvgIpc) is 4.19. The number of carbonyl (C=O) groups excluding carboxylic acids is 4. The summed E-state index contributed by atoms with van der Waals surface area (Å²) in [6.45, 7) is 19.0. The molecule has 17 nitrogen and oxygen atoms in total. The number of anilines is 1. The van der Waals surface area contributed by atoms with Crippen molar-refractivity contribution in [1.29, 1.82) is 0 Å². The van der Waals surface area contributed by atoms with Gasteiger partial charge in [-0.3, -0.25) is 28.7 Å². The highest BCUT2D eigenvalue weighted by molar-refractivity contribution is 7.15. The third-order valence-corrected chi connectivity index (χ3v) is 15.6. The van der Waals surface area contributed by atoms with Gasteiger partial charge >= 0.3 is 0 Å². The molecule has 19 heteroatoms. The first-order chi connectivity index (χ1) is 36.5. The zero-order valence-corrected chi connectivity index (χ0v) is 45.8. The minimum atomic E-state index is -0.963. The predicted octanol–water partition coefficient (Wildman–Crippen LogP) is 8.25. The van der Waals surface area contributed by atoms with Crippen LogP contribution in [0.1, 0.15) is 103 Å². The molecule has 5 heterocycles. The third-order valence-electron chi connectivity index (χ3n) is 13.4. The van der Waals surface area contributed by atoms with Gasteiger partial charge in [0, 0.05) is 67.4 Å². The first kappa shape index (κ1) is 55.3. The van der Waals surface area contributed by atoms with Crippen LogP contribution in [0.5, 0.6) is 5.75 Å². The molecular weight excluding hydrogens is 1000 g/mol. The molecular formula is C57H67N9O8S2. The Kier molecular flexibility index (Phi) is 18.1. The molecule has 2 unspecified atom stereocenters. The van der Waals surface area contributed by atoms with Gasteiger partial charge in [0.15, 0.2) is 5.82 Å². The van der Waals surface area contributed by atoms with Crippen molar-refractivity contribution in [3.05, 3.63) is 135 Å². The minimum Gasteiger partial charge on any atom is -0.494 e. The largest absolute Gasteiger partial charge is 0.494 e. The summed E-state index contributed by atoms with van der Waals surface area (Å²) in [6.07, 6.45) is 2.28. The number of carbonyl (C=O) groups is 4. The Labute approximate surface area is 451 Å². The fraction of sp³-hybridized carbons (Fsp3) is 0.404. The molecule has 8 rings (SSSR count). The number of hydrogen-bond acceptors (Lipinski definition) is 14. The van der Waals surface area contributed by atoms with Gasteiger partial charge in [-0.05, 0) is 86.1 Å². The van der Waals surface area contributed by atoms with Crippen molar-refractivity contribution < 1.29 is 38.5 Å². The molecule has 3 aromatic carbocycles. The van der Waals surface area contributed by atoms with Gasteiger partial charge in [0.05, 0.1) is 40.9 Å². The van der Waals surface area contributed by atoms with Gasteiger partial charge in [-0.15, -0.1) is 32.9 Å². The topological polar surface area (TPSA) is 211 Å². The van der Waals surface area contributed by atoms with E-state index in [2.05, 4.69) is 51.6 Å². The number of aromatic nitrogens is 4. The fourth-order valence-electron chi connectivity index (χ4n) is 9.19. The Bertz CT molecular complexity index is 3050. The SMILES string of the molecule is C=Cc1ccc(C2=NC(CC(=O)Nc3ccc(OCCCOCCCOCC(=O)NC(C(=O)N4C[C@H](O)C[C@H]4C(=O)NCc4ccc(-c5scnc5C)cc4)C(C)(C)C)cc3)c3nnc(C)n3-c3sc(C)c(C)c32)cc1. The van der Waals surface area contributed by atoms with E-state index < -0.39 is 41.5 Å². The van der Waals surface area contributed by atoms with Crippen molar-refractivity contribution >= 4 is 63.8 Å². The molecule has 400 valence electrons. The van der Waals surface area contributed by atoms with E-state index >= 15 is 0 Å². The van der Waals surface area contributed by atoms with E-state index in [1.54, 1.807) is 34.8 Å². The lowest BCUT2D eigenvalue weighted by Gasteiger charge is -2.35. The normalized spacial score (nSPS) is 16.5. The summed E-state index contributed by atoms with van der Waals surface area (Å²) in [5.41, 5.74) is 9.56. The van der Waals surface area contributed by atoms with Gasteiger partial charge in [-0.2, -0.15) is 0 Å². The molecule has 3 aromatic heterocycles. The molecule has 0 aliphatic carbocycles. The van der Waals surface area contributed by atoms with Gasteiger partial charge in [0.25, 0.3) is 0 Å². The highest BCUT2D eigenvalue weighted by atomic mass is 32.1. The van der Waals surface area contributed by atoms with Gasteiger partial charge < -0.3 is 40.2 Å². The van der Waals surface area contributed by atoms with Crippen molar-refractivity contribution in [2.45, 2.75) is 105 Å². The maximum absolute atomic E-state index is 14.0. The number of aliphatic hydroxyl groups is 1. The van der Waals surface area contributed by atoms with Crippen molar-refractivity contribution in [3.8, 4) is 21.2 Å². The minimum absolute atomic E-state index is 0.0169. The Hall–Kier alpha value is -6.90. The van der Waals surface area contributed by atoms with Crippen molar-refractivity contribution in [2.75, 3.05) is 44.9 Å². The molecule has 0 saturated carbocycles. The highest BCUT2D eigenvalue weighted by Crippen LogP contribution is 2.40. The number of aliphatic imine (C=N–C) groups is 1. The maximum atomic E-state index is 14.0. The highest BCUT2D eigenvalue weighted by Gasteiger charge is 2.44. The number of thiazole rings is 1. The molecule has 6 aromatic rings. The molecule has 0 radical (unpaired) electrons. The Morgan fingerprint density at radius 1 is 0.882 bits per heavy atom. The Balaban J connectivity index is 0.726. The number of hydrogen-bond donors (Lipinski definition) is 4. The van der Waals surface area contributed by atoms with E-state index in [4.69, 9.17) is 19.2 Å². The number of amides is 4. The van der Waals surface area contributed by atoms with E-state index in [0.717, 1.165) is 60.5 Å². The van der Waals surface area contributed by atoms with Crippen LogP contribution in [0.15, 0.2) is 89.9 Å². The lowest BCUT2D eigenvalue weighted by atomic mass is 9.85. The smallest absolute Gasteiger partial charge is 0.246 e. The second-order valence-corrected chi connectivity index (χ2v) is 22.2. The van der Waals surface area contributed by atoms with Crippen LogP contribution in [0.4, 0.5) is 5.69 Å². The Morgan fingerprint density at radius 3 is 2.26 bits per heavy atom. The maximum Gasteiger partial charge on any atom is 0.246 e. The number of benzene rings is 3. The molecule has 4 N–H and O–H groups in total. The number of nitrogens with zero attached hydrogens (tertiary/aromatic N) is 6. The van der Waals surface area contributed by atoms with Crippen LogP contribution < -0.4 is 20.7 Å². The van der Waals surface area contributed by atoms with E-state index in [-0.39, 0.29) is 51.0 Å². The first-order valence-electron chi connectivity index (χ1n) is 25.6. The lowest BCUT2D eigenvalue weighted by Crippen LogP contribution is -2.58. The van der Waals surface area contributed by atoms with Crippen LogP contribution in [-0.4, -0.2) is 117 Å². The number of rotatable bonds is 22. The predicted molar refractivity (Wildman–Crippen MR) is 296 cm³/mol. The number of nitrogens with one attached hydrogen (secondary N) is 3. The molecule has 2 aliphatic heterocycles. The summed E-state index contributed by atoms with van der Waals surface area (Å²) in [5.74, 6) is 0.514. The van der Waals surface area contributed by atoms with Crippen molar-refractivity contribution in [3.63, 3.8) is 0 Å². The zero-order chi connectivity index (χ0) is 54.1. The summed E-state index contributed by atoms with van der Waals surface area (Å²) < 4.78 is 19.4. The Morgan fingerprint density at radius 2 is 1.58 bits per heavy atom. The van der Waals surface area contributed by atoms with E-state index in [0.29, 0.717) is 49.9 Å². The van der Waals surface area contributed by atoms with Crippen LogP contribution in [0.25, 0.3) is 21.5 Å². The standard InChI is InChI=1S/C57H67N9O8S2/c1-9-38-12-16-40(17-13-38)50-49-34(2)36(4)76-56(49)66-37(5)63-64-53(66)45(61-50)29-47(68)60-42-20-22-44(23-21-42)74-27-11-25-72-24-10-26-73-32-48(69)62-52(57(6,7)8)55(71)65-31-43(67)28-46(65)54(70)58-30-39-14-18-41(19-15-39)51-35(3)59-33-75-51/h9,12-23,33,43,45-46,52,67H,1,10-11,24-32H2,2-8H3,(H,58,70)(H,60,68)(H,62,69)/t43-,45?,46+,52?/m1/s1. The number of likely N-dealkylation sites (tertiary alicyclic amines) is 1. The van der Waals surface area contributed by atoms with Crippen LogP contribution in [0.2, 0.25) is 0 Å². The molecule has 4 amide bonds. The summed E-state index contributed by atoms with van der Waals surface area (Å²) in [7, 11) is 0. The van der Waals surface area contributed by atoms with E-state index in [1.165, 1.54) is 9.78 Å². The van der Waals surface area contributed by atoms with E-state index in [9.17, 15) is 24.3 Å². The third kappa shape index (κ3) is 13.4. The monoisotopic (exact) mass is 1070 g/mol. The molecule has 0 bridgehead atoms. The summed E-state index contributed by atoms with van der Waals surface area (Å²) >= 11 is 3.24. The number of ether oxygens (including phenoxy) is 3. The number of fused-ring (bicyclic) bond motifs is 3. The average molecular weight is 1070 g/mol. The van der Waals surface area contributed by atoms with Gasteiger partial charge in [-0.1, -0.05) is 82.0 Å². The molecule has 1 fully saturated rings.